The molecule has 0 saturated heterocycles. The average molecular weight is 871 g/mol. The first-order valence-corrected chi connectivity index (χ1v) is 23.7. The molecule has 0 bridgehead atoms. The lowest BCUT2D eigenvalue weighted by atomic mass is 9.96. The maximum atomic E-state index is 2.42. The maximum Gasteiger partial charge on any atom is 0.0541 e. The fourth-order valence-electron chi connectivity index (χ4n) is 10.2. The Morgan fingerprint density at radius 1 is 0.284 bits per heavy atom. The Bertz CT molecular complexity index is 3890. The zero-order valence-corrected chi connectivity index (χ0v) is 37.4. The summed E-state index contributed by atoms with van der Waals surface area (Å²) >= 11 is 1.87. The highest BCUT2D eigenvalue weighted by atomic mass is 32.1. The normalized spacial score (nSPS) is 11.6. The van der Waals surface area contributed by atoms with E-state index < -0.39 is 0 Å². The zero-order chi connectivity index (χ0) is 44.3. The second kappa shape index (κ2) is 16.2. The highest BCUT2D eigenvalue weighted by molar-refractivity contribution is 7.26. The second-order valence-corrected chi connectivity index (χ2v) is 18.3. The number of aromatic nitrogens is 1. The van der Waals surface area contributed by atoms with Crippen molar-refractivity contribution in [1.82, 2.24) is 4.57 Å². The fraction of sp³-hybridized carbons (Fsp3) is 0. The smallest absolute Gasteiger partial charge is 0.0541 e. The minimum Gasteiger partial charge on any atom is -0.311 e. The number of anilines is 3. The molecule has 0 spiro atoms. The molecule has 2 heterocycles. The molecule has 2 aromatic heterocycles. The van der Waals surface area contributed by atoms with Gasteiger partial charge in [-0.25, -0.2) is 0 Å². The largest absolute Gasteiger partial charge is 0.311 e. The van der Waals surface area contributed by atoms with E-state index in [9.17, 15) is 0 Å². The quantitative estimate of drug-likeness (QED) is 0.148. The van der Waals surface area contributed by atoms with Gasteiger partial charge in [0.15, 0.2) is 0 Å². The monoisotopic (exact) mass is 870 g/mol. The van der Waals surface area contributed by atoms with Gasteiger partial charge in [0.2, 0.25) is 0 Å². The summed E-state index contributed by atoms with van der Waals surface area (Å²) in [4.78, 5) is 2.37. The van der Waals surface area contributed by atoms with Crippen molar-refractivity contribution in [3.63, 3.8) is 0 Å². The molecule has 0 radical (unpaired) electrons. The van der Waals surface area contributed by atoms with Crippen molar-refractivity contribution in [1.29, 1.82) is 0 Å². The molecule has 0 N–H and O–H groups in total. The summed E-state index contributed by atoms with van der Waals surface area (Å²) in [5.74, 6) is 0. The van der Waals surface area contributed by atoms with Gasteiger partial charge in [-0.2, -0.15) is 0 Å². The third-order valence-electron chi connectivity index (χ3n) is 13.4. The van der Waals surface area contributed by atoms with Crippen LogP contribution in [0.2, 0.25) is 0 Å². The molecule has 0 aliphatic rings. The van der Waals surface area contributed by atoms with Gasteiger partial charge in [0.1, 0.15) is 0 Å². The van der Waals surface area contributed by atoms with Crippen LogP contribution >= 0.6 is 11.3 Å². The number of hydrogen-bond donors (Lipinski definition) is 0. The molecule has 11 aromatic carbocycles. The van der Waals surface area contributed by atoms with Crippen LogP contribution in [0.4, 0.5) is 17.1 Å². The van der Waals surface area contributed by atoms with E-state index in [-0.39, 0.29) is 0 Å². The van der Waals surface area contributed by atoms with Crippen molar-refractivity contribution in [2.24, 2.45) is 0 Å². The van der Waals surface area contributed by atoms with Crippen molar-refractivity contribution in [3.8, 4) is 50.2 Å². The van der Waals surface area contributed by atoms with Crippen molar-refractivity contribution >= 4 is 81.1 Å². The summed E-state index contributed by atoms with van der Waals surface area (Å²) in [6.07, 6.45) is 0. The Labute approximate surface area is 393 Å². The molecule has 2 nitrogen and oxygen atoms in total. The molecular formula is C64H42N2S. The minimum atomic E-state index is 1.09. The van der Waals surface area contributed by atoms with E-state index >= 15 is 0 Å². The van der Waals surface area contributed by atoms with Crippen molar-refractivity contribution < 1.29 is 0 Å². The molecule has 0 saturated carbocycles. The van der Waals surface area contributed by atoms with Crippen LogP contribution in [-0.2, 0) is 0 Å². The van der Waals surface area contributed by atoms with Crippen LogP contribution in [0.5, 0.6) is 0 Å². The van der Waals surface area contributed by atoms with Crippen LogP contribution in [0.25, 0.3) is 103 Å². The SMILES string of the molecule is c1ccc(-n2c3ccccc3c3ccccc32)c(-c2ccc(N(c3ccc(-c4ccc(-c5cccc6ccccc56)cc4)cc3)c3ccc(-c4cccc5c4sc4ccccc45)cc3)cc2)c1. The van der Waals surface area contributed by atoms with E-state index in [1.165, 1.54) is 91.7 Å². The van der Waals surface area contributed by atoms with Crippen LogP contribution in [0.15, 0.2) is 255 Å². The van der Waals surface area contributed by atoms with Gasteiger partial charge in [0, 0.05) is 53.6 Å². The lowest BCUT2D eigenvalue weighted by Crippen LogP contribution is -2.09. The van der Waals surface area contributed by atoms with E-state index in [1.807, 2.05) is 11.3 Å². The molecule has 0 fully saturated rings. The van der Waals surface area contributed by atoms with Gasteiger partial charge in [-0.3, -0.25) is 0 Å². The second-order valence-electron chi connectivity index (χ2n) is 17.2. The molecule has 0 atom stereocenters. The first kappa shape index (κ1) is 38.9. The molecule has 0 aliphatic carbocycles. The lowest BCUT2D eigenvalue weighted by molar-refractivity contribution is 1.18. The van der Waals surface area contributed by atoms with Crippen molar-refractivity contribution in [2.45, 2.75) is 0 Å². The van der Waals surface area contributed by atoms with Crippen LogP contribution < -0.4 is 4.90 Å². The van der Waals surface area contributed by atoms with Crippen LogP contribution in [0.3, 0.4) is 0 Å². The number of rotatable bonds is 8. The predicted molar refractivity (Wildman–Crippen MR) is 288 cm³/mol. The number of nitrogens with zero attached hydrogens (tertiary/aromatic N) is 2. The zero-order valence-electron chi connectivity index (χ0n) is 36.6. The Morgan fingerprint density at radius 2 is 0.701 bits per heavy atom. The Kier molecular flexibility index (Phi) is 9.40. The number of thiophene rings is 1. The number of fused-ring (bicyclic) bond motifs is 7. The summed E-state index contributed by atoms with van der Waals surface area (Å²) in [7, 11) is 0. The number of hydrogen-bond acceptors (Lipinski definition) is 2. The van der Waals surface area contributed by atoms with Crippen molar-refractivity contribution in [3.05, 3.63) is 255 Å². The van der Waals surface area contributed by atoms with Crippen LogP contribution in [-0.4, -0.2) is 4.57 Å². The first-order valence-electron chi connectivity index (χ1n) is 22.9. The van der Waals surface area contributed by atoms with Crippen LogP contribution in [0, 0.1) is 0 Å². The highest BCUT2D eigenvalue weighted by Gasteiger charge is 2.18. The molecule has 0 unspecified atom stereocenters. The van der Waals surface area contributed by atoms with Gasteiger partial charge >= 0.3 is 0 Å². The molecular weight excluding hydrogens is 829 g/mol. The summed E-state index contributed by atoms with van der Waals surface area (Å²) in [6.45, 7) is 0. The molecule has 13 aromatic rings. The lowest BCUT2D eigenvalue weighted by Gasteiger charge is -2.26. The summed E-state index contributed by atoms with van der Waals surface area (Å²) in [5, 5.41) is 7.67. The van der Waals surface area contributed by atoms with Gasteiger partial charge in [0.05, 0.1) is 16.7 Å². The van der Waals surface area contributed by atoms with E-state index in [2.05, 4.69) is 264 Å². The minimum absolute atomic E-state index is 1.09. The van der Waals surface area contributed by atoms with E-state index in [4.69, 9.17) is 0 Å². The van der Waals surface area contributed by atoms with Gasteiger partial charge in [-0.05, 0) is 110 Å². The summed E-state index contributed by atoms with van der Waals surface area (Å²) in [5.41, 5.74) is 16.5. The molecule has 0 aliphatic heterocycles. The maximum absolute atomic E-state index is 2.42. The standard InChI is InChI=1S/C64H42N2S/c1-2-15-52-45(13-1)14-11-20-53(52)46-29-27-43(28-30-46)44-31-37-49(38-32-44)65(51-41-35-48(36-42-51)55-21-12-22-59-58-19-6-10-26-63(58)67-64(55)59)50-39-33-47(34-40-50)54-16-3-7-23-60(54)66-61-24-8-4-17-56(61)57-18-5-9-25-62(57)66/h1-42H. The fourth-order valence-corrected chi connectivity index (χ4v) is 11.5. The summed E-state index contributed by atoms with van der Waals surface area (Å²) in [6, 6.07) is 93.0. The molecule has 0 amide bonds. The van der Waals surface area contributed by atoms with Gasteiger partial charge in [-0.15, -0.1) is 11.3 Å². The van der Waals surface area contributed by atoms with Gasteiger partial charge in [0.25, 0.3) is 0 Å². The van der Waals surface area contributed by atoms with E-state index in [0.29, 0.717) is 0 Å². The Hall–Kier alpha value is -8.50. The molecule has 67 heavy (non-hydrogen) atoms. The predicted octanol–water partition coefficient (Wildman–Crippen LogP) is 18.4. The van der Waals surface area contributed by atoms with Crippen LogP contribution in [0.1, 0.15) is 0 Å². The van der Waals surface area contributed by atoms with Crippen molar-refractivity contribution in [2.75, 3.05) is 4.90 Å². The first-order chi connectivity index (χ1) is 33.2. The number of benzene rings is 11. The van der Waals surface area contributed by atoms with Gasteiger partial charge in [-0.1, -0.05) is 194 Å². The molecule has 3 heteroatoms. The highest BCUT2D eigenvalue weighted by Crippen LogP contribution is 2.43. The molecule has 314 valence electrons. The van der Waals surface area contributed by atoms with E-state index in [0.717, 1.165) is 28.3 Å². The number of para-hydroxylation sites is 3. The topological polar surface area (TPSA) is 8.17 Å². The third-order valence-corrected chi connectivity index (χ3v) is 14.7. The Morgan fingerprint density at radius 3 is 1.37 bits per heavy atom. The van der Waals surface area contributed by atoms with Gasteiger partial charge < -0.3 is 9.47 Å². The summed E-state index contributed by atoms with van der Waals surface area (Å²) < 4.78 is 5.06. The Balaban J connectivity index is 0.881. The van der Waals surface area contributed by atoms with E-state index in [1.54, 1.807) is 0 Å². The average Bonchev–Trinajstić information content (AvgIpc) is 3.95. The molecule has 13 rings (SSSR count). The third kappa shape index (κ3) is 6.71.